The molecule has 0 aliphatic heterocycles. The maximum absolute atomic E-state index is 13.9. The van der Waals surface area contributed by atoms with E-state index in [1.165, 1.54) is 11.3 Å². The van der Waals surface area contributed by atoms with Gasteiger partial charge in [-0.3, -0.25) is 9.78 Å². The molecule has 0 saturated heterocycles. The summed E-state index contributed by atoms with van der Waals surface area (Å²) in [5.74, 6) is 0.0167. The van der Waals surface area contributed by atoms with Gasteiger partial charge in [-0.2, -0.15) is 0 Å². The Morgan fingerprint density at radius 2 is 1.86 bits per heavy atom. The molecule has 1 saturated carbocycles. The van der Waals surface area contributed by atoms with Crippen LogP contribution in [0.5, 0.6) is 5.75 Å². The van der Waals surface area contributed by atoms with Crippen LogP contribution in [-0.4, -0.2) is 40.0 Å². The van der Waals surface area contributed by atoms with Gasteiger partial charge in [-0.05, 0) is 75.0 Å². The summed E-state index contributed by atoms with van der Waals surface area (Å²) in [6.45, 7) is 2.49. The molecular formula is C29H31N3O2S. The Morgan fingerprint density at radius 1 is 1.06 bits per heavy atom. The second kappa shape index (κ2) is 10.2. The number of pyridine rings is 1. The minimum absolute atomic E-state index is 0.0842. The predicted octanol–water partition coefficient (Wildman–Crippen LogP) is 6.15. The van der Waals surface area contributed by atoms with E-state index in [4.69, 9.17) is 0 Å². The first kappa shape index (κ1) is 23.5. The number of benzene rings is 2. The minimum atomic E-state index is -0.0842. The number of carbonyl (C=O) groups excluding carboxylic acids is 1. The van der Waals surface area contributed by atoms with Crippen molar-refractivity contribution in [1.29, 1.82) is 0 Å². The van der Waals surface area contributed by atoms with E-state index in [-0.39, 0.29) is 17.7 Å². The number of hydrogen-bond acceptors (Lipinski definition) is 5. The molecule has 2 aromatic carbocycles. The standard InChI is InChI=1S/C29H31N3O2S/c1-19-10-11-22(17-31-19)21-7-5-6-20(16-21)18-32(24-14-12-23(30-2)13-15-24)29(34)28-27(33)25-8-3-4-9-26(25)35-28/h3-11,16-17,23-24,30,33H,12-15,18H2,1-2H3. The summed E-state index contributed by atoms with van der Waals surface area (Å²) in [5, 5.41) is 15.0. The van der Waals surface area contributed by atoms with E-state index in [1.807, 2.05) is 61.5 Å². The fourth-order valence-corrected chi connectivity index (χ4v) is 6.09. The average Bonchev–Trinajstić information content (AvgIpc) is 3.24. The fraction of sp³-hybridized carbons (Fsp3) is 0.310. The molecule has 1 fully saturated rings. The van der Waals surface area contributed by atoms with Gasteiger partial charge in [-0.25, -0.2) is 0 Å². The van der Waals surface area contributed by atoms with Crippen LogP contribution in [0.1, 0.15) is 46.6 Å². The molecule has 5 rings (SSSR count). The Bertz CT molecular complexity index is 1320. The number of aromatic nitrogens is 1. The molecule has 0 radical (unpaired) electrons. The Kier molecular flexibility index (Phi) is 6.84. The SMILES string of the molecule is CNC1CCC(N(Cc2cccc(-c3ccc(C)nc3)c2)C(=O)c2sc3ccccc3c2O)CC1. The summed E-state index contributed by atoms with van der Waals surface area (Å²) >= 11 is 1.38. The van der Waals surface area contributed by atoms with Gasteiger partial charge in [-0.15, -0.1) is 11.3 Å². The van der Waals surface area contributed by atoms with Crippen LogP contribution in [0.3, 0.4) is 0 Å². The van der Waals surface area contributed by atoms with Crippen molar-refractivity contribution in [1.82, 2.24) is 15.2 Å². The number of amides is 1. The predicted molar refractivity (Wildman–Crippen MR) is 143 cm³/mol. The molecule has 0 atom stereocenters. The Labute approximate surface area is 210 Å². The zero-order valence-electron chi connectivity index (χ0n) is 20.2. The zero-order chi connectivity index (χ0) is 24.4. The number of carbonyl (C=O) groups is 1. The van der Waals surface area contributed by atoms with Crippen LogP contribution >= 0.6 is 11.3 Å². The van der Waals surface area contributed by atoms with Crippen molar-refractivity contribution in [3.05, 3.63) is 83.0 Å². The molecule has 0 bridgehead atoms. The number of hydrogen-bond donors (Lipinski definition) is 2. The highest BCUT2D eigenvalue weighted by Crippen LogP contribution is 2.39. The van der Waals surface area contributed by atoms with Gasteiger partial charge in [0.05, 0.1) is 0 Å². The maximum Gasteiger partial charge on any atom is 0.268 e. The highest BCUT2D eigenvalue weighted by Gasteiger charge is 2.31. The largest absolute Gasteiger partial charge is 0.506 e. The summed E-state index contributed by atoms with van der Waals surface area (Å²) in [4.78, 5) is 20.8. The van der Waals surface area contributed by atoms with Gasteiger partial charge in [-0.1, -0.05) is 36.4 Å². The van der Waals surface area contributed by atoms with Crippen molar-refractivity contribution in [3.8, 4) is 16.9 Å². The van der Waals surface area contributed by atoms with Gasteiger partial charge in [0.25, 0.3) is 5.91 Å². The van der Waals surface area contributed by atoms with Crippen LogP contribution < -0.4 is 5.32 Å². The number of aryl methyl sites for hydroxylation is 1. The molecule has 4 aromatic rings. The molecule has 180 valence electrons. The lowest BCUT2D eigenvalue weighted by Gasteiger charge is -2.37. The maximum atomic E-state index is 13.9. The minimum Gasteiger partial charge on any atom is -0.506 e. The van der Waals surface area contributed by atoms with Crippen LogP contribution in [0.2, 0.25) is 0 Å². The fourth-order valence-electron chi connectivity index (χ4n) is 5.03. The normalized spacial score (nSPS) is 18.0. The summed E-state index contributed by atoms with van der Waals surface area (Å²) in [6.07, 6.45) is 5.87. The van der Waals surface area contributed by atoms with E-state index < -0.39 is 0 Å². The smallest absolute Gasteiger partial charge is 0.268 e. The van der Waals surface area contributed by atoms with Crippen LogP contribution in [-0.2, 0) is 6.54 Å². The van der Waals surface area contributed by atoms with E-state index in [2.05, 4.69) is 34.6 Å². The van der Waals surface area contributed by atoms with Gasteiger partial charge in [0.2, 0.25) is 0 Å². The van der Waals surface area contributed by atoms with Gasteiger partial charge in [0, 0.05) is 46.2 Å². The highest BCUT2D eigenvalue weighted by molar-refractivity contribution is 7.21. The first-order valence-corrected chi connectivity index (χ1v) is 13.1. The summed E-state index contributed by atoms with van der Waals surface area (Å²) in [6, 6.07) is 20.8. The monoisotopic (exact) mass is 485 g/mol. The second-order valence-corrected chi connectivity index (χ2v) is 10.4. The topological polar surface area (TPSA) is 65.5 Å². The number of nitrogens with zero attached hydrogens (tertiary/aromatic N) is 2. The third-order valence-corrected chi connectivity index (χ3v) is 8.24. The number of nitrogens with one attached hydrogen (secondary N) is 1. The molecule has 2 heterocycles. The summed E-state index contributed by atoms with van der Waals surface area (Å²) in [7, 11) is 2.01. The van der Waals surface area contributed by atoms with Crippen molar-refractivity contribution in [2.75, 3.05) is 7.05 Å². The molecule has 35 heavy (non-hydrogen) atoms. The van der Waals surface area contributed by atoms with Gasteiger partial charge in [0.1, 0.15) is 10.6 Å². The molecule has 1 aliphatic rings. The third-order valence-electron chi connectivity index (χ3n) is 7.09. The van der Waals surface area contributed by atoms with Crippen molar-refractivity contribution < 1.29 is 9.90 Å². The molecule has 2 aromatic heterocycles. The molecule has 6 heteroatoms. The van der Waals surface area contributed by atoms with Crippen LogP contribution in [0, 0.1) is 6.92 Å². The number of thiophene rings is 1. The van der Waals surface area contributed by atoms with Gasteiger partial charge in [0.15, 0.2) is 0 Å². The van der Waals surface area contributed by atoms with Crippen molar-refractivity contribution in [2.24, 2.45) is 0 Å². The van der Waals surface area contributed by atoms with Crippen molar-refractivity contribution >= 4 is 27.3 Å². The van der Waals surface area contributed by atoms with E-state index in [0.29, 0.717) is 17.5 Å². The van der Waals surface area contributed by atoms with Crippen LogP contribution in [0.15, 0.2) is 66.9 Å². The van der Waals surface area contributed by atoms with Crippen LogP contribution in [0.25, 0.3) is 21.2 Å². The molecule has 0 spiro atoms. The first-order valence-electron chi connectivity index (χ1n) is 12.2. The van der Waals surface area contributed by atoms with Gasteiger partial charge >= 0.3 is 0 Å². The average molecular weight is 486 g/mol. The van der Waals surface area contributed by atoms with Crippen molar-refractivity contribution in [2.45, 2.75) is 51.2 Å². The van der Waals surface area contributed by atoms with Crippen LogP contribution in [0.4, 0.5) is 0 Å². The summed E-state index contributed by atoms with van der Waals surface area (Å²) in [5.41, 5.74) is 4.22. The molecule has 1 amide bonds. The van der Waals surface area contributed by atoms with E-state index >= 15 is 0 Å². The Balaban J connectivity index is 1.47. The lowest BCUT2D eigenvalue weighted by molar-refractivity contribution is 0.0603. The second-order valence-electron chi connectivity index (χ2n) is 9.39. The lowest BCUT2D eigenvalue weighted by atomic mass is 9.89. The third kappa shape index (κ3) is 4.95. The van der Waals surface area contributed by atoms with E-state index in [1.54, 1.807) is 0 Å². The molecule has 5 nitrogen and oxygen atoms in total. The molecule has 0 unspecified atom stereocenters. The number of rotatable bonds is 6. The highest BCUT2D eigenvalue weighted by atomic mass is 32.1. The number of aromatic hydroxyl groups is 1. The lowest BCUT2D eigenvalue weighted by Crippen LogP contribution is -2.44. The molecule has 1 aliphatic carbocycles. The van der Waals surface area contributed by atoms with E-state index in [0.717, 1.165) is 58.2 Å². The quantitative estimate of drug-likeness (QED) is 0.344. The van der Waals surface area contributed by atoms with Gasteiger partial charge < -0.3 is 15.3 Å². The Hall–Kier alpha value is -3.22. The molecule has 2 N–H and O–H groups in total. The molecular weight excluding hydrogens is 454 g/mol. The first-order chi connectivity index (χ1) is 17.0. The van der Waals surface area contributed by atoms with E-state index in [9.17, 15) is 9.90 Å². The zero-order valence-corrected chi connectivity index (χ0v) is 21.0. The number of fused-ring (bicyclic) bond motifs is 1. The van der Waals surface area contributed by atoms with Crippen molar-refractivity contribution in [3.63, 3.8) is 0 Å². The summed E-state index contributed by atoms with van der Waals surface area (Å²) < 4.78 is 0.932. The Morgan fingerprint density at radius 3 is 2.57 bits per heavy atom.